The quantitative estimate of drug-likeness (QED) is 0.907. The van der Waals surface area contributed by atoms with Crippen LogP contribution >= 0.6 is 0 Å². The number of ketones is 1. The minimum absolute atomic E-state index is 0.180. The predicted octanol–water partition coefficient (Wildman–Crippen LogP) is 3.96. The van der Waals surface area contributed by atoms with Gasteiger partial charge in [0, 0.05) is 6.42 Å². The van der Waals surface area contributed by atoms with Crippen LogP contribution in [-0.4, -0.2) is 17.0 Å². The van der Waals surface area contributed by atoms with Crippen molar-refractivity contribution in [1.82, 2.24) is 0 Å². The first kappa shape index (κ1) is 15.9. The molecule has 0 spiro atoms. The molecule has 2 heteroatoms. The first-order valence-corrected chi connectivity index (χ1v) is 8.50. The fourth-order valence-electron chi connectivity index (χ4n) is 3.77. The Labute approximate surface area is 138 Å². The highest BCUT2D eigenvalue weighted by molar-refractivity contribution is 5.88. The highest BCUT2D eigenvalue weighted by Gasteiger charge is 2.45. The van der Waals surface area contributed by atoms with Crippen LogP contribution in [0.25, 0.3) is 0 Å². The van der Waals surface area contributed by atoms with Crippen LogP contribution in [0, 0.1) is 5.41 Å². The molecule has 1 aliphatic carbocycles. The Morgan fingerprint density at radius 3 is 2.17 bits per heavy atom. The summed E-state index contributed by atoms with van der Waals surface area (Å²) in [7, 11) is 0. The van der Waals surface area contributed by atoms with Gasteiger partial charge in [-0.25, -0.2) is 0 Å². The summed E-state index contributed by atoms with van der Waals surface area (Å²) in [5.74, 6) is 0.180. The van der Waals surface area contributed by atoms with Gasteiger partial charge in [-0.3, -0.25) is 4.79 Å². The lowest BCUT2D eigenvalue weighted by Crippen LogP contribution is -2.47. The Morgan fingerprint density at radius 2 is 1.57 bits per heavy atom. The highest BCUT2D eigenvalue weighted by atomic mass is 16.3. The smallest absolute Gasteiger partial charge is 0.146 e. The standard InChI is InChI=1S/C21H24O2/c22-19-13-7-8-14-21(19,16-18-11-5-2-6-12-18)20(23)15-17-9-3-1-4-10-17/h1-6,9-12,19,22H,7-8,13-16H2/t19-,21-/m0/s1. The van der Waals surface area contributed by atoms with Crippen LogP contribution in [0.15, 0.2) is 60.7 Å². The van der Waals surface area contributed by atoms with Gasteiger partial charge in [-0.1, -0.05) is 73.5 Å². The molecular formula is C21H24O2. The van der Waals surface area contributed by atoms with Gasteiger partial charge in [-0.2, -0.15) is 0 Å². The third kappa shape index (κ3) is 3.53. The van der Waals surface area contributed by atoms with Crippen molar-refractivity contribution in [1.29, 1.82) is 0 Å². The summed E-state index contributed by atoms with van der Waals surface area (Å²) in [6.45, 7) is 0. The van der Waals surface area contributed by atoms with Gasteiger partial charge in [0.25, 0.3) is 0 Å². The zero-order valence-corrected chi connectivity index (χ0v) is 13.4. The van der Waals surface area contributed by atoms with Gasteiger partial charge in [-0.05, 0) is 30.4 Å². The molecule has 3 rings (SSSR count). The summed E-state index contributed by atoms with van der Waals surface area (Å²) in [6.07, 6.45) is 4.06. The zero-order chi connectivity index (χ0) is 16.1. The van der Waals surface area contributed by atoms with Crippen LogP contribution in [0.4, 0.5) is 0 Å². The van der Waals surface area contributed by atoms with Crippen LogP contribution in [0.3, 0.4) is 0 Å². The van der Waals surface area contributed by atoms with Crippen molar-refractivity contribution >= 4 is 5.78 Å². The van der Waals surface area contributed by atoms with Gasteiger partial charge in [0.15, 0.2) is 0 Å². The molecule has 120 valence electrons. The summed E-state index contributed by atoms with van der Waals surface area (Å²) < 4.78 is 0. The van der Waals surface area contributed by atoms with Gasteiger partial charge >= 0.3 is 0 Å². The summed E-state index contributed by atoms with van der Waals surface area (Å²) in [5.41, 5.74) is 1.53. The van der Waals surface area contributed by atoms with Crippen molar-refractivity contribution in [3.05, 3.63) is 71.8 Å². The third-order valence-electron chi connectivity index (χ3n) is 5.11. The molecule has 2 aromatic rings. The van der Waals surface area contributed by atoms with Crippen LogP contribution < -0.4 is 0 Å². The Morgan fingerprint density at radius 1 is 0.957 bits per heavy atom. The largest absolute Gasteiger partial charge is 0.392 e. The molecule has 0 aromatic heterocycles. The molecule has 2 nitrogen and oxygen atoms in total. The monoisotopic (exact) mass is 308 g/mol. The van der Waals surface area contributed by atoms with E-state index in [1.165, 1.54) is 0 Å². The van der Waals surface area contributed by atoms with Crippen molar-refractivity contribution in [2.75, 3.05) is 0 Å². The molecule has 23 heavy (non-hydrogen) atoms. The van der Waals surface area contributed by atoms with E-state index < -0.39 is 11.5 Å². The van der Waals surface area contributed by atoms with Crippen molar-refractivity contribution in [3.8, 4) is 0 Å². The average molecular weight is 308 g/mol. The van der Waals surface area contributed by atoms with Gasteiger partial charge in [-0.15, -0.1) is 0 Å². The predicted molar refractivity (Wildman–Crippen MR) is 92.2 cm³/mol. The van der Waals surface area contributed by atoms with E-state index in [1.807, 2.05) is 48.5 Å². The maximum Gasteiger partial charge on any atom is 0.146 e. The number of rotatable bonds is 5. The molecule has 0 aliphatic heterocycles. The highest BCUT2D eigenvalue weighted by Crippen LogP contribution is 2.41. The lowest BCUT2D eigenvalue weighted by atomic mass is 9.64. The Kier molecular flexibility index (Phi) is 4.92. The normalized spacial score (nSPS) is 24.3. The van der Waals surface area contributed by atoms with Crippen molar-refractivity contribution in [3.63, 3.8) is 0 Å². The lowest BCUT2D eigenvalue weighted by molar-refractivity contribution is -0.138. The lowest BCUT2D eigenvalue weighted by Gasteiger charge is -2.40. The molecule has 0 radical (unpaired) electrons. The van der Waals surface area contributed by atoms with E-state index >= 15 is 0 Å². The molecule has 2 aromatic carbocycles. The fraction of sp³-hybridized carbons (Fsp3) is 0.381. The fourth-order valence-corrected chi connectivity index (χ4v) is 3.77. The first-order chi connectivity index (χ1) is 11.2. The van der Waals surface area contributed by atoms with Crippen LogP contribution in [-0.2, 0) is 17.6 Å². The first-order valence-electron chi connectivity index (χ1n) is 8.50. The van der Waals surface area contributed by atoms with Gasteiger partial charge in [0.2, 0.25) is 0 Å². The van der Waals surface area contributed by atoms with Gasteiger partial charge < -0.3 is 5.11 Å². The molecule has 1 N–H and O–H groups in total. The Hall–Kier alpha value is -1.93. The zero-order valence-electron chi connectivity index (χ0n) is 13.4. The number of benzene rings is 2. The minimum Gasteiger partial charge on any atom is -0.392 e. The topological polar surface area (TPSA) is 37.3 Å². The molecule has 1 saturated carbocycles. The maximum atomic E-state index is 13.1. The summed E-state index contributed by atoms with van der Waals surface area (Å²) >= 11 is 0. The maximum absolute atomic E-state index is 13.1. The van der Waals surface area contributed by atoms with Gasteiger partial charge in [0.05, 0.1) is 11.5 Å². The van der Waals surface area contributed by atoms with Gasteiger partial charge in [0.1, 0.15) is 5.78 Å². The minimum atomic E-state index is -0.630. The Bertz CT molecular complexity index is 635. The second-order valence-corrected chi connectivity index (χ2v) is 6.67. The summed E-state index contributed by atoms with van der Waals surface area (Å²) in [6, 6.07) is 20.0. The van der Waals surface area contributed by atoms with E-state index in [1.54, 1.807) is 0 Å². The molecule has 0 bridgehead atoms. The van der Waals surface area contributed by atoms with E-state index in [4.69, 9.17) is 0 Å². The second kappa shape index (κ2) is 7.10. The number of hydrogen-bond acceptors (Lipinski definition) is 2. The average Bonchev–Trinajstić information content (AvgIpc) is 2.59. The van der Waals surface area contributed by atoms with Crippen LogP contribution in [0.2, 0.25) is 0 Å². The van der Waals surface area contributed by atoms with Crippen molar-refractivity contribution < 1.29 is 9.90 Å². The third-order valence-corrected chi connectivity index (χ3v) is 5.11. The molecule has 2 atom stereocenters. The molecule has 0 heterocycles. The number of aliphatic hydroxyl groups is 1. The van der Waals surface area contributed by atoms with Crippen LogP contribution in [0.1, 0.15) is 36.8 Å². The number of Topliss-reactive ketones (excluding diaryl/α,β-unsaturated/α-hetero) is 1. The second-order valence-electron chi connectivity index (χ2n) is 6.67. The molecule has 0 saturated heterocycles. The number of hydrogen-bond donors (Lipinski definition) is 1. The molecule has 0 unspecified atom stereocenters. The van der Waals surface area contributed by atoms with E-state index in [2.05, 4.69) is 12.1 Å². The van der Waals surface area contributed by atoms with E-state index in [-0.39, 0.29) is 5.78 Å². The SMILES string of the molecule is O=C(Cc1ccccc1)[C@]1(Cc2ccccc2)CCCC[C@@H]1O. The van der Waals surface area contributed by atoms with E-state index in [0.29, 0.717) is 12.8 Å². The molecular weight excluding hydrogens is 284 g/mol. The van der Waals surface area contributed by atoms with Crippen molar-refractivity contribution in [2.24, 2.45) is 5.41 Å². The van der Waals surface area contributed by atoms with Crippen molar-refractivity contribution in [2.45, 2.75) is 44.6 Å². The number of carbonyl (C=O) groups excluding carboxylic acids is 1. The van der Waals surface area contributed by atoms with E-state index in [9.17, 15) is 9.90 Å². The molecule has 0 amide bonds. The number of aliphatic hydroxyl groups excluding tert-OH is 1. The summed E-state index contributed by atoms with van der Waals surface area (Å²) in [4.78, 5) is 13.1. The van der Waals surface area contributed by atoms with E-state index in [0.717, 1.165) is 36.8 Å². The molecule has 1 aliphatic rings. The Balaban J connectivity index is 1.87. The summed E-state index contributed by atoms with van der Waals surface area (Å²) in [5, 5.41) is 10.7. The van der Waals surface area contributed by atoms with Crippen LogP contribution in [0.5, 0.6) is 0 Å². The molecule has 1 fully saturated rings. The number of carbonyl (C=O) groups is 1.